The molecule has 8 heteroatoms. The lowest BCUT2D eigenvalue weighted by Gasteiger charge is -2.11. The molecule has 2 N–H and O–H groups in total. The number of halogens is 1. The third-order valence-electron chi connectivity index (χ3n) is 5.76. The number of benzene rings is 2. The van der Waals surface area contributed by atoms with Gasteiger partial charge in [0.05, 0.1) is 25.0 Å². The predicted molar refractivity (Wildman–Crippen MR) is 123 cm³/mol. The second kappa shape index (κ2) is 9.85. The Bertz CT molecular complexity index is 1170. The number of hydrogen-bond acceptors (Lipinski definition) is 4. The van der Waals surface area contributed by atoms with Crippen molar-refractivity contribution < 1.29 is 18.7 Å². The zero-order valence-electron chi connectivity index (χ0n) is 18.8. The van der Waals surface area contributed by atoms with Crippen LogP contribution in [-0.4, -0.2) is 35.2 Å². The summed E-state index contributed by atoms with van der Waals surface area (Å²) in [4.78, 5) is 25.5. The van der Waals surface area contributed by atoms with Gasteiger partial charge in [-0.15, -0.1) is 0 Å². The average molecular weight is 451 g/mol. The molecule has 0 fully saturated rings. The molecule has 1 aliphatic rings. The maximum atomic E-state index is 13.4. The monoisotopic (exact) mass is 450 g/mol. The first-order valence-electron chi connectivity index (χ1n) is 11.1. The number of amides is 2. The van der Waals surface area contributed by atoms with Crippen molar-refractivity contribution in [2.75, 3.05) is 19.0 Å². The number of anilines is 1. The highest BCUT2D eigenvalue weighted by Gasteiger charge is 2.25. The molecule has 1 aliphatic carbocycles. The van der Waals surface area contributed by atoms with E-state index in [1.165, 1.54) is 19.2 Å². The summed E-state index contributed by atoms with van der Waals surface area (Å²) in [6.45, 7) is 1.72. The number of aromatic nitrogens is 2. The fourth-order valence-corrected chi connectivity index (χ4v) is 4.11. The van der Waals surface area contributed by atoms with Crippen LogP contribution >= 0.6 is 0 Å². The minimum atomic E-state index is -0.402. The summed E-state index contributed by atoms with van der Waals surface area (Å²) in [6, 6.07) is 11.5. The van der Waals surface area contributed by atoms with Gasteiger partial charge < -0.3 is 15.4 Å². The van der Waals surface area contributed by atoms with Gasteiger partial charge in [0, 0.05) is 11.3 Å². The van der Waals surface area contributed by atoms with Crippen LogP contribution in [0.25, 0.3) is 5.69 Å². The number of nitrogens with one attached hydrogen (secondary N) is 2. The zero-order valence-corrected chi connectivity index (χ0v) is 18.8. The van der Waals surface area contributed by atoms with Crippen molar-refractivity contribution in [3.05, 3.63) is 70.8 Å². The number of methoxy groups -OCH3 is 1. The maximum absolute atomic E-state index is 13.4. The van der Waals surface area contributed by atoms with Crippen molar-refractivity contribution in [2.45, 2.75) is 39.0 Å². The quantitative estimate of drug-likeness (QED) is 0.557. The van der Waals surface area contributed by atoms with Gasteiger partial charge in [-0.2, -0.15) is 5.10 Å². The third kappa shape index (κ3) is 5.05. The van der Waals surface area contributed by atoms with E-state index in [-0.39, 0.29) is 18.3 Å². The van der Waals surface area contributed by atoms with Crippen molar-refractivity contribution >= 4 is 17.5 Å². The highest BCUT2D eigenvalue weighted by atomic mass is 19.1. The summed E-state index contributed by atoms with van der Waals surface area (Å²) in [6.07, 6.45) is 4.57. The predicted octanol–water partition coefficient (Wildman–Crippen LogP) is 3.97. The Morgan fingerprint density at radius 1 is 1.09 bits per heavy atom. The largest absolute Gasteiger partial charge is 0.495 e. The molecular formula is C25H27FN4O3. The molecule has 33 heavy (non-hydrogen) atoms. The van der Waals surface area contributed by atoms with E-state index in [4.69, 9.17) is 4.74 Å². The molecule has 1 heterocycles. The molecule has 4 rings (SSSR count). The molecule has 0 spiro atoms. The van der Waals surface area contributed by atoms with Crippen molar-refractivity contribution in [3.8, 4) is 11.4 Å². The molecule has 0 saturated heterocycles. The number of carbonyl (C=O) groups excluding carboxylic acids is 2. The molecule has 0 atom stereocenters. The van der Waals surface area contributed by atoms with E-state index < -0.39 is 5.91 Å². The number of rotatable bonds is 6. The van der Waals surface area contributed by atoms with Crippen LogP contribution in [0, 0.1) is 12.7 Å². The molecule has 172 valence electrons. The highest BCUT2D eigenvalue weighted by molar-refractivity contribution is 5.99. The van der Waals surface area contributed by atoms with Gasteiger partial charge in [0.15, 0.2) is 5.69 Å². The first-order valence-corrected chi connectivity index (χ1v) is 11.1. The van der Waals surface area contributed by atoms with E-state index in [0.717, 1.165) is 48.9 Å². The second-order valence-electron chi connectivity index (χ2n) is 8.16. The summed E-state index contributed by atoms with van der Waals surface area (Å²) in [5.41, 5.74) is 4.42. The molecule has 3 aromatic rings. The molecule has 1 aromatic heterocycles. The lowest BCUT2D eigenvalue weighted by atomic mass is 10.1. The van der Waals surface area contributed by atoms with E-state index in [0.29, 0.717) is 22.8 Å². The Morgan fingerprint density at radius 3 is 2.61 bits per heavy atom. The summed E-state index contributed by atoms with van der Waals surface area (Å²) in [5.74, 6) is -0.550. The van der Waals surface area contributed by atoms with Crippen LogP contribution in [0.2, 0.25) is 0 Å². The Balaban J connectivity index is 1.52. The van der Waals surface area contributed by atoms with Gasteiger partial charge in [0.1, 0.15) is 11.6 Å². The third-order valence-corrected chi connectivity index (χ3v) is 5.76. The van der Waals surface area contributed by atoms with Crippen LogP contribution < -0.4 is 15.4 Å². The van der Waals surface area contributed by atoms with Gasteiger partial charge in [-0.3, -0.25) is 9.59 Å². The standard InChI is InChI=1S/C25H27FN4O3/c1-16-8-13-22(33-2)20(14-16)28-23(31)15-27-25(32)24-19-6-4-3-5-7-21(19)30(29-24)18-11-9-17(26)10-12-18/h8-14H,3-7,15H2,1-2H3,(H,27,32)(H,28,31). The number of fused-ring (bicyclic) bond motifs is 1. The lowest BCUT2D eigenvalue weighted by Crippen LogP contribution is -2.33. The van der Waals surface area contributed by atoms with Gasteiger partial charge >= 0.3 is 0 Å². The molecule has 2 amide bonds. The Labute approximate surface area is 191 Å². The van der Waals surface area contributed by atoms with Crippen LogP contribution in [0.5, 0.6) is 5.75 Å². The number of nitrogens with zero attached hydrogens (tertiary/aromatic N) is 2. The van der Waals surface area contributed by atoms with Gasteiger partial charge in [0.2, 0.25) is 5.91 Å². The minimum Gasteiger partial charge on any atom is -0.495 e. The Hall–Kier alpha value is -3.68. The molecule has 7 nitrogen and oxygen atoms in total. The average Bonchev–Trinajstić information content (AvgIpc) is 2.99. The van der Waals surface area contributed by atoms with Crippen LogP contribution in [0.1, 0.15) is 46.6 Å². The Kier molecular flexibility index (Phi) is 6.72. The van der Waals surface area contributed by atoms with Crippen LogP contribution in [-0.2, 0) is 17.6 Å². The van der Waals surface area contributed by atoms with Crippen molar-refractivity contribution in [2.24, 2.45) is 0 Å². The van der Waals surface area contributed by atoms with Gasteiger partial charge in [0.25, 0.3) is 5.91 Å². The van der Waals surface area contributed by atoms with Crippen LogP contribution in [0.4, 0.5) is 10.1 Å². The Morgan fingerprint density at radius 2 is 1.85 bits per heavy atom. The lowest BCUT2D eigenvalue weighted by molar-refractivity contribution is -0.115. The summed E-state index contributed by atoms with van der Waals surface area (Å²) >= 11 is 0. The first kappa shape index (κ1) is 22.5. The summed E-state index contributed by atoms with van der Waals surface area (Å²) in [7, 11) is 1.53. The first-order chi connectivity index (χ1) is 16.0. The normalized spacial score (nSPS) is 13.1. The molecular weight excluding hydrogens is 423 g/mol. The van der Waals surface area contributed by atoms with E-state index in [1.54, 1.807) is 22.9 Å². The highest BCUT2D eigenvalue weighted by Crippen LogP contribution is 2.27. The maximum Gasteiger partial charge on any atom is 0.272 e. The molecule has 0 saturated carbocycles. The van der Waals surface area contributed by atoms with E-state index in [1.807, 2.05) is 19.1 Å². The fraction of sp³-hybridized carbons (Fsp3) is 0.320. The van der Waals surface area contributed by atoms with Crippen LogP contribution in [0.3, 0.4) is 0 Å². The minimum absolute atomic E-state index is 0.200. The van der Waals surface area contributed by atoms with Gasteiger partial charge in [-0.1, -0.05) is 12.5 Å². The van der Waals surface area contributed by atoms with E-state index in [2.05, 4.69) is 15.7 Å². The van der Waals surface area contributed by atoms with E-state index in [9.17, 15) is 14.0 Å². The molecule has 0 unspecified atom stereocenters. The van der Waals surface area contributed by atoms with E-state index >= 15 is 0 Å². The molecule has 2 aromatic carbocycles. The number of carbonyl (C=O) groups is 2. The number of hydrogen-bond donors (Lipinski definition) is 2. The van der Waals surface area contributed by atoms with Gasteiger partial charge in [-0.05, 0) is 74.6 Å². The molecule has 0 bridgehead atoms. The smallest absolute Gasteiger partial charge is 0.272 e. The van der Waals surface area contributed by atoms with Gasteiger partial charge in [-0.25, -0.2) is 9.07 Å². The summed E-state index contributed by atoms with van der Waals surface area (Å²) < 4.78 is 20.4. The van der Waals surface area contributed by atoms with Crippen LogP contribution in [0.15, 0.2) is 42.5 Å². The van der Waals surface area contributed by atoms with Crippen molar-refractivity contribution in [3.63, 3.8) is 0 Å². The fourth-order valence-electron chi connectivity index (χ4n) is 4.11. The number of aryl methyl sites for hydroxylation is 1. The topological polar surface area (TPSA) is 85.2 Å². The molecule has 0 aliphatic heterocycles. The SMILES string of the molecule is COc1ccc(C)cc1NC(=O)CNC(=O)c1nn(-c2ccc(F)cc2)c2c1CCCCC2. The number of ether oxygens (including phenoxy) is 1. The van der Waals surface area contributed by atoms with Crippen molar-refractivity contribution in [1.82, 2.24) is 15.1 Å². The molecule has 0 radical (unpaired) electrons. The zero-order chi connectivity index (χ0) is 23.4. The van der Waals surface area contributed by atoms with Crippen molar-refractivity contribution in [1.29, 1.82) is 0 Å². The summed E-state index contributed by atoms with van der Waals surface area (Å²) in [5, 5.41) is 10.0. The second-order valence-corrected chi connectivity index (χ2v) is 8.16.